The van der Waals surface area contributed by atoms with E-state index in [-0.39, 0.29) is 24.0 Å². The van der Waals surface area contributed by atoms with E-state index in [0.717, 1.165) is 43.9 Å². The van der Waals surface area contributed by atoms with Crippen LogP contribution in [0.5, 0.6) is 0 Å². The molecule has 0 bridgehead atoms. The van der Waals surface area contributed by atoms with Crippen LogP contribution in [0, 0.1) is 5.92 Å². The number of aryl methyl sites for hydroxylation is 1. The highest BCUT2D eigenvalue weighted by Crippen LogP contribution is 2.28. The van der Waals surface area contributed by atoms with Gasteiger partial charge in [-0.3, -0.25) is 9.67 Å². The van der Waals surface area contributed by atoms with Crippen LogP contribution in [0.4, 0.5) is 0 Å². The van der Waals surface area contributed by atoms with Gasteiger partial charge in [-0.25, -0.2) is 4.98 Å². The van der Waals surface area contributed by atoms with Crippen LogP contribution in [-0.2, 0) is 18.3 Å². The number of halogens is 1. The number of ether oxygens (including phenoxy) is 1. The van der Waals surface area contributed by atoms with Crippen molar-refractivity contribution in [1.82, 2.24) is 25.4 Å². The Hall–Kier alpha value is -0.900. The fourth-order valence-corrected chi connectivity index (χ4v) is 1.78. The van der Waals surface area contributed by atoms with Gasteiger partial charge in [-0.05, 0) is 25.2 Å². The molecule has 21 heavy (non-hydrogen) atoms. The minimum Gasteiger partial charge on any atom is -0.381 e. The lowest BCUT2D eigenvalue weighted by Gasteiger charge is -2.11. The Morgan fingerprint density at radius 3 is 2.90 bits per heavy atom. The summed E-state index contributed by atoms with van der Waals surface area (Å²) in [4.78, 5) is 8.32. The molecular formula is C13H25IN6O. The zero-order chi connectivity index (χ0) is 14.2. The summed E-state index contributed by atoms with van der Waals surface area (Å²) in [6, 6.07) is 0. The van der Waals surface area contributed by atoms with Gasteiger partial charge in [0.15, 0.2) is 5.96 Å². The summed E-state index contributed by atoms with van der Waals surface area (Å²) < 4.78 is 7.33. The molecule has 0 amide bonds. The Bertz CT molecular complexity index is 432. The molecule has 120 valence electrons. The van der Waals surface area contributed by atoms with Crippen LogP contribution < -0.4 is 10.6 Å². The summed E-state index contributed by atoms with van der Waals surface area (Å²) >= 11 is 0. The Morgan fingerprint density at radius 1 is 1.48 bits per heavy atom. The molecule has 0 radical (unpaired) electrons. The molecule has 8 heteroatoms. The first-order valence-electron chi connectivity index (χ1n) is 7.14. The highest BCUT2D eigenvalue weighted by Gasteiger charge is 2.20. The molecule has 0 saturated heterocycles. The first-order chi connectivity index (χ1) is 9.79. The molecule has 1 aliphatic carbocycles. The highest BCUT2D eigenvalue weighted by molar-refractivity contribution is 14.0. The topological polar surface area (TPSA) is 76.4 Å². The van der Waals surface area contributed by atoms with Crippen molar-refractivity contribution in [2.75, 3.05) is 26.8 Å². The SMILES string of the molecule is CN=C(NCCCOCC1CC1)NCc1ncnn1C.I. The van der Waals surface area contributed by atoms with E-state index in [4.69, 9.17) is 4.74 Å². The van der Waals surface area contributed by atoms with Crippen molar-refractivity contribution in [3.8, 4) is 0 Å². The summed E-state index contributed by atoms with van der Waals surface area (Å²) in [5.74, 6) is 2.49. The first-order valence-corrected chi connectivity index (χ1v) is 7.14. The molecule has 1 aromatic rings. The summed E-state index contributed by atoms with van der Waals surface area (Å²) in [5.41, 5.74) is 0. The highest BCUT2D eigenvalue weighted by atomic mass is 127. The van der Waals surface area contributed by atoms with Crippen molar-refractivity contribution in [2.24, 2.45) is 18.0 Å². The van der Waals surface area contributed by atoms with E-state index in [9.17, 15) is 0 Å². The van der Waals surface area contributed by atoms with Crippen LogP contribution in [0.2, 0.25) is 0 Å². The molecular weight excluding hydrogens is 383 g/mol. The van der Waals surface area contributed by atoms with E-state index in [2.05, 4.69) is 25.7 Å². The van der Waals surface area contributed by atoms with E-state index >= 15 is 0 Å². The second-order valence-corrected chi connectivity index (χ2v) is 5.02. The maximum Gasteiger partial charge on any atom is 0.191 e. The Morgan fingerprint density at radius 2 is 2.29 bits per heavy atom. The van der Waals surface area contributed by atoms with Crippen LogP contribution in [0.1, 0.15) is 25.1 Å². The maximum atomic E-state index is 5.59. The zero-order valence-electron chi connectivity index (χ0n) is 12.7. The van der Waals surface area contributed by atoms with Gasteiger partial charge < -0.3 is 15.4 Å². The lowest BCUT2D eigenvalue weighted by Crippen LogP contribution is -2.38. The normalized spacial score (nSPS) is 14.7. The standard InChI is InChI=1S/C13H24N6O.HI/c1-14-13(16-8-12-17-10-18-19(12)2)15-6-3-7-20-9-11-4-5-11;/h10-11H,3-9H2,1-2H3,(H2,14,15,16);1H. The maximum absolute atomic E-state index is 5.59. The Kier molecular flexibility index (Phi) is 8.58. The third-order valence-electron chi connectivity index (χ3n) is 3.25. The number of nitrogens with one attached hydrogen (secondary N) is 2. The van der Waals surface area contributed by atoms with Crippen molar-refractivity contribution >= 4 is 29.9 Å². The molecule has 7 nitrogen and oxygen atoms in total. The average molecular weight is 408 g/mol. The van der Waals surface area contributed by atoms with E-state index in [0.29, 0.717) is 6.54 Å². The number of aromatic nitrogens is 3. The number of rotatable bonds is 8. The lowest BCUT2D eigenvalue weighted by atomic mass is 10.4. The number of hydrogen-bond acceptors (Lipinski definition) is 4. The predicted octanol–water partition coefficient (Wildman–Crippen LogP) is 0.915. The summed E-state index contributed by atoms with van der Waals surface area (Å²) in [6.45, 7) is 3.19. The van der Waals surface area contributed by atoms with Gasteiger partial charge in [0.25, 0.3) is 0 Å². The molecule has 1 fully saturated rings. The fraction of sp³-hybridized carbons (Fsp3) is 0.769. The van der Waals surface area contributed by atoms with Gasteiger partial charge in [0, 0.05) is 33.9 Å². The zero-order valence-corrected chi connectivity index (χ0v) is 15.0. The molecule has 1 aromatic heterocycles. The second kappa shape index (κ2) is 9.93. The molecule has 0 aliphatic heterocycles. The Balaban J connectivity index is 0.00000220. The van der Waals surface area contributed by atoms with E-state index in [1.807, 2.05) is 7.05 Å². The van der Waals surface area contributed by atoms with E-state index in [1.165, 1.54) is 12.8 Å². The molecule has 0 aromatic carbocycles. The molecule has 1 aliphatic rings. The lowest BCUT2D eigenvalue weighted by molar-refractivity contribution is 0.123. The summed E-state index contributed by atoms with van der Waals surface area (Å²) in [7, 11) is 3.63. The predicted molar refractivity (Wildman–Crippen MR) is 92.8 cm³/mol. The van der Waals surface area contributed by atoms with Crippen molar-refractivity contribution in [3.63, 3.8) is 0 Å². The smallest absolute Gasteiger partial charge is 0.191 e. The van der Waals surface area contributed by atoms with Gasteiger partial charge in [-0.15, -0.1) is 24.0 Å². The van der Waals surface area contributed by atoms with Crippen molar-refractivity contribution < 1.29 is 4.74 Å². The van der Waals surface area contributed by atoms with Crippen LogP contribution in [-0.4, -0.2) is 47.5 Å². The molecule has 0 spiro atoms. The van der Waals surface area contributed by atoms with Crippen molar-refractivity contribution in [2.45, 2.75) is 25.8 Å². The van der Waals surface area contributed by atoms with Gasteiger partial charge in [-0.2, -0.15) is 5.10 Å². The molecule has 0 unspecified atom stereocenters. The van der Waals surface area contributed by atoms with Gasteiger partial charge in [0.05, 0.1) is 6.54 Å². The minimum atomic E-state index is 0. The van der Waals surface area contributed by atoms with E-state index < -0.39 is 0 Å². The second-order valence-electron chi connectivity index (χ2n) is 5.02. The van der Waals surface area contributed by atoms with Gasteiger partial charge >= 0.3 is 0 Å². The summed E-state index contributed by atoms with van der Waals surface area (Å²) in [5, 5.41) is 10.5. The van der Waals surface area contributed by atoms with Gasteiger partial charge in [-0.1, -0.05) is 0 Å². The minimum absolute atomic E-state index is 0. The monoisotopic (exact) mass is 408 g/mol. The third-order valence-corrected chi connectivity index (χ3v) is 3.25. The number of hydrogen-bond donors (Lipinski definition) is 2. The first kappa shape index (κ1) is 18.1. The largest absolute Gasteiger partial charge is 0.381 e. The molecule has 0 atom stereocenters. The molecule has 2 rings (SSSR count). The van der Waals surface area contributed by atoms with Gasteiger partial charge in [0.2, 0.25) is 0 Å². The quantitative estimate of drug-likeness (QED) is 0.290. The van der Waals surface area contributed by atoms with E-state index in [1.54, 1.807) is 18.1 Å². The van der Waals surface area contributed by atoms with Crippen molar-refractivity contribution in [3.05, 3.63) is 12.2 Å². The number of aliphatic imine (C=N–C) groups is 1. The average Bonchev–Trinajstić information content (AvgIpc) is 3.19. The number of nitrogens with zero attached hydrogens (tertiary/aromatic N) is 4. The number of guanidine groups is 1. The van der Waals surface area contributed by atoms with Crippen LogP contribution >= 0.6 is 24.0 Å². The van der Waals surface area contributed by atoms with Crippen LogP contribution in [0.15, 0.2) is 11.3 Å². The van der Waals surface area contributed by atoms with Crippen LogP contribution in [0.3, 0.4) is 0 Å². The molecule has 2 N–H and O–H groups in total. The fourth-order valence-electron chi connectivity index (χ4n) is 1.78. The third kappa shape index (κ3) is 7.07. The summed E-state index contributed by atoms with van der Waals surface area (Å²) in [6.07, 6.45) is 5.22. The van der Waals surface area contributed by atoms with Crippen molar-refractivity contribution in [1.29, 1.82) is 0 Å². The Labute approximate surface area is 143 Å². The molecule has 1 saturated carbocycles. The molecule has 1 heterocycles. The van der Waals surface area contributed by atoms with Crippen LogP contribution in [0.25, 0.3) is 0 Å². The van der Waals surface area contributed by atoms with Gasteiger partial charge in [0.1, 0.15) is 12.2 Å².